The van der Waals surface area contributed by atoms with Crippen LogP contribution in [0.15, 0.2) is 53.4 Å². The van der Waals surface area contributed by atoms with Crippen LogP contribution in [0.3, 0.4) is 0 Å². The van der Waals surface area contributed by atoms with Crippen molar-refractivity contribution in [2.45, 2.75) is 51.0 Å². The summed E-state index contributed by atoms with van der Waals surface area (Å²) in [4.78, 5) is 23.3. The number of nitro groups is 1. The number of carbonyl (C=O) groups excluding carboxylic acids is 1. The van der Waals surface area contributed by atoms with Gasteiger partial charge in [0.2, 0.25) is 15.9 Å². The lowest BCUT2D eigenvalue weighted by Crippen LogP contribution is -2.42. The molecule has 3 rings (SSSR count). The van der Waals surface area contributed by atoms with Gasteiger partial charge in [0.25, 0.3) is 5.69 Å². The van der Waals surface area contributed by atoms with Gasteiger partial charge in [-0.15, -0.1) is 0 Å². The number of methoxy groups -OCH3 is 1. The van der Waals surface area contributed by atoms with Gasteiger partial charge in [-0.05, 0) is 50.2 Å². The van der Waals surface area contributed by atoms with Crippen molar-refractivity contribution >= 4 is 39.0 Å². The van der Waals surface area contributed by atoms with Gasteiger partial charge in [-0.25, -0.2) is 13.1 Å². The number of benzene rings is 2. The lowest BCUT2D eigenvalue weighted by molar-refractivity contribution is -0.384. The number of hydrogen-bond acceptors (Lipinski definition) is 7. The van der Waals surface area contributed by atoms with Gasteiger partial charge in [0, 0.05) is 23.6 Å². The number of halogens is 1. The molecule has 0 saturated carbocycles. The summed E-state index contributed by atoms with van der Waals surface area (Å²) in [5.41, 5.74) is 0.510. The highest BCUT2D eigenvalue weighted by atomic mass is 35.5. The van der Waals surface area contributed by atoms with Crippen molar-refractivity contribution in [1.29, 1.82) is 0 Å². The Bertz CT molecular complexity index is 1450. The fourth-order valence-electron chi connectivity index (χ4n) is 3.55. The molecule has 1 N–H and O–H groups in total. The summed E-state index contributed by atoms with van der Waals surface area (Å²) in [6.07, 6.45) is 0. The Balaban J connectivity index is 1.94. The highest BCUT2D eigenvalue weighted by Gasteiger charge is 2.31. The molecule has 3 aromatic rings. The fraction of sp³-hybridized carbons (Fsp3) is 0.360. The van der Waals surface area contributed by atoms with E-state index in [1.54, 1.807) is 56.0 Å². The number of amides is 1. The Hall–Kier alpha value is -3.48. The Labute approximate surface area is 226 Å². The van der Waals surface area contributed by atoms with Gasteiger partial charge < -0.3 is 10.1 Å². The van der Waals surface area contributed by atoms with Crippen molar-refractivity contribution in [2.75, 3.05) is 19.0 Å². The van der Waals surface area contributed by atoms with Gasteiger partial charge in [0.05, 0.1) is 34.9 Å². The van der Waals surface area contributed by atoms with Crippen LogP contribution in [-0.2, 0) is 20.2 Å². The van der Waals surface area contributed by atoms with Gasteiger partial charge in [0.1, 0.15) is 16.6 Å². The molecule has 0 radical (unpaired) electrons. The monoisotopic (exact) mass is 563 g/mol. The first-order valence-corrected chi connectivity index (χ1v) is 13.5. The van der Waals surface area contributed by atoms with Crippen LogP contribution in [0.5, 0.6) is 5.75 Å². The number of ether oxygens (including phenoxy) is 1. The van der Waals surface area contributed by atoms with Crippen molar-refractivity contribution in [3.63, 3.8) is 0 Å². The molecule has 1 aromatic heterocycles. The Morgan fingerprint density at radius 3 is 2.34 bits per heavy atom. The van der Waals surface area contributed by atoms with Gasteiger partial charge in [-0.1, -0.05) is 32.4 Å². The molecule has 0 spiro atoms. The molecule has 13 heteroatoms. The smallest absolute Gasteiger partial charge is 0.289 e. The van der Waals surface area contributed by atoms with E-state index in [1.807, 2.05) is 20.8 Å². The molecule has 0 saturated heterocycles. The molecule has 0 aliphatic carbocycles. The van der Waals surface area contributed by atoms with Crippen molar-refractivity contribution in [2.24, 2.45) is 0 Å². The standard InChI is InChI=1S/C25H30ClN5O6S/c1-16(2)29(38(35,36)19-11-12-20(26)21(13-19)31(33)34)15-24(32)27-23-14-22(25(3,4)5)28-30(23)17-7-9-18(37-6)10-8-17/h7-14,16H,15H2,1-6H3,(H,27,32). The maximum Gasteiger partial charge on any atom is 0.289 e. The van der Waals surface area contributed by atoms with Crippen LogP contribution < -0.4 is 10.1 Å². The van der Waals surface area contributed by atoms with Crippen molar-refractivity contribution in [1.82, 2.24) is 14.1 Å². The van der Waals surface area contributed by atoms with Gasteiger partial charge in [0.15, 0.2) is 0 Å². The van der Waals surface area contributed by atoms with Gasteiger partial charge in [-0.3, -0.25) is 14.9 Å². The maximum atomic E-state index is 13.4. The minimum Gasteiger partial charge on any atom is -0.497 e. The molecule has 0 aliphatic heterocycles. The summed E-state index contributed by atoms with van der Waals surface area (Å²) in [6, 6.07) is 11.4. The number of nitrogens with zero attached hydrogens (tertiary/aromatic N) is 4. The number of rotatable bonds is 9. The largest absolute Gasteiger partial charge is 0.497 e. The molecule has 204 valence electrons. The predicted octanol–water partition coefficient (Wildman–Crippen LogP) is 4.78. The summed E-state index contributed by atoms with van der Waals surface area (Å²) in [6.45, 7) is 8.63. The average Bonchev–Trinajstić information content (AvgIpc) is 3.26. The maximum absolute atomic E-state index is 13.4. The SMILES string of the molecule is COc1ccc(-n2nc(C(C)(C)C)cc2NC(=O)CN(C(C)C)S(=O)(=O)c2ccc(Cl)c([N+](=O)[O-])c2)cc1. The molecule has 2 aromatic carbocycles. The zero-order valence-electron chi connectivity index (χ0n) is 21.9. The van der Waals surface area contributed by atoms with Crippen molar-refractivity contribution < 1.29 is 22.9 Å². The number of nitrogens with one attached hydrogen (secondary N) is 1. The van der Waals surface area contributed by atoms with E-state index in [1.165, 1.54) is 6.07 Å². The van der Waals surface area contributed by atoms with Crippen LogP contribution in [0.25, 0.3) is 5.69 Å². The Kier molecular flexibility index (Phi) is 8.49. The first-order chi connectivity index (χ1) is 17.6. The number of carbonyl (C=O) groups is 1. The lowest BCUT2D eigenvalue weighted by Gasteiger charge is -2.25. The number of nitro benzene ring substituents is 1. The highest BCUT2D eigenvalue weighted by Crippen LogP contribution is 2.30. The number of hydrogen-bond donors (Lipinski definition) is 1. The van der Waals surface area contributed by atoms with Crippen LogP contribution in [0.4, 0.5) is 11.5 Å². The van der Waals surface area contributed by atoms with E-state index in [0.29, 0.717) is 22.9 Å². The normalized spacial score (nSPS) is 12.1. The Morgan fingerprint density at radius 2 is 1.82 bits per heavy atom. The van der Waals surface area contributed by atoms with E-state index in [2.05, 4.69) is 10.4 Å². The number of aromatic nitrogens is 2. The first-order valence-electron chi connectivity index (χ1n) is 11.7. The van der Waals surface area contributed by atoms with Crippen molar-refractivity contribution in [3.8, 4) is 11.4 Å². The van der Waals surface area contributed by atoms with Crippen LogP contribution in [-0.4, -0.2) is 53.0 Å². The highest BCUT2D eigenvalue weighted by molar-refractivity contribution is 7.89. The Morgan fingerprint density at radius 1 is 1.18 bits per heavy atom. The third-order valence-electron chi connectivity index (χ3n) is 5.66. The van der Waals surface area contributed by atoms with Crippen LogP contribution in [0, 0.1) is 10.1 Å². The molecule has 0 bridgehead atoms. The fourth-order valence-corrected chi connectivity index (χ4v) is 5.35. The molecule has 0 unspecified atom stereocenters. The molecule has 0 atom stereocenters. The molecule has 0 aliphatic rings. The quantitative estimate of drug-likeness (QED) is 0.292. The minimum atomic E-state index is -4.28. The van der Waals surface area contributed by atoms with Crippen molar-refractivity contribution in [3.05, 3.63) is 69.4 Å². The van der Waals surface area contributed by atoms with E-state index in [9.17, 15) is 23.3 Å². The molecule has 1 amide bonds. The third kappa shape index (κ3) is 6.32. The molecule has 38 heavy (non-hydrogen) atoms. The zero-order chi connectivity index (χ0) is 28.4. The summed E-state index contributed by atoms with van der Waals surface area (Å²) in [5, 5.41) is 18.5. The van der Waals surface area contributed by atoms with E-state index < -0.39 is 39.1 Å². The lowest BCUT2D eigenvalue weighted by atomic mass is 9.92. The summed E-state index contributed by atoms with van der Waals surface area (Å²) in [5.74, 6) is 0.400. The van der Waals surface area contributed by atoms with Gasteiger partial charge in [-0.2, -0.15) is 9.40 Å². The molecular weight excluding hydrogens is 534 g/mol. The van der Waals surface area contributed by atoms with E-state index in [4.69, 9.17) is 16.3 Å². The number of anilines is 1. The predicted molar refractivity (Wildman–Crippen MR) is 145 cm³/mol. The second-order valence-corrected chi connectivity index (χ2v) is 12.1. The van der Waals surface area contributed by atoms with Gasteiger partial charge >= 0.3 is 0 Å². The van der Waals surface area contributed by atoms with Crippen LogP contribution in [0.2, 0.25) is 5.02 Å². The number of sulfonamides is 1. The van der Waals surface area contributed by atoms with E-state index in [0.717, 1.165) is 16.4 Å². The molecule has 0 fully saturated rings. The van der Waals surface area contributed by atoms with E-state index >= 15 is 0 Å². The molecule has 1 heterocycles. The minimum absolute atomic E-state index is 0.191. The topological polar surface area (TPSA) is 137 Å². The first kappa shape index (κ1) is 29.1. The second kappa shape index (κ2) is 11.1. The molecule has 11 nitrogen and oxygen atoms in total. The van der Waals surface area contributed by atoms with E-state index in [-0.39, 0.29) is 15.3 Å². The van der Waals surface area contributed by atoms with Crippen LogP contribution >= 0.6 is 11.6 Å². The zero-order valence-corrected chi connectivity index (χ0v) is 23.5. The summed E-state index contributed by atoms with van der Waals surface area (Å²) >= 11 is 5.84. The summed E-state index contributed by atoms with van der Waals surface area (Å²) < 4.78 is 34.5. The second-order valence-electron chi connectivity index (χ2n) is 9.84. The summed E-state index contributed by atoms with van der Waals surface area (Å²) in [7, 11) is -2.72. The average molecular weight is 564 g/mol. The third-order valence-corrected chi connectivity index (χ3v) is 8.00. The molecular formula is C25H30ClN5O6S. The van der Waals surface area contributed by atoms with Crippen LogP contribution in [0.1, 0.15) is 40.3 Å².